The molecule has 102 valence electrons. The molecule has 18 heavy (non-hydrogen) atoms. The molecule has 2 N–H and O–H groups in total. The van der Waals surface area contributed by atoms with Gasteiger partial charge >= 0.3 is 0 Å². The van der Waals surface area contributed by atoms with Crippen LogP contribution in [0.15, 0.2) is 18.2 Å². The molecule has 1 aromatic carbocycles. The maximum atomic E-state index is 9.17. The van der Waals surface area contributed by atoms with E-state index in [0.29, 0.717) is 19.7 Å². The smallest absolute Gasteiger partial charge is 0.161 e. The second-order valence-electron chi connectivity index (χ2n) is 4.31. The highest BCUT2D eigenvalue weighted by Gasteiger charge is 2.05. The van der Waals surface area contributed by atoms with Gasteiger partial charge in [-0.3, -0.25) is 0 Å². The van der Waals surface area contributed by atoms with E-state index in [1.165, 1.54) is 0 Å². The van der Waals surface area contributed by atoms with Crippen LogP contribution in [0.2, 0.25) is 0 Å². The van der Waals surface area contributed by atoms with Crippen molar-refractivity contribution in [2.75, 3.05) is 20.3 Å². The maximum absolute atomic E-state index is 9.17. The highest BCUT2D eigenvalue weighted by atomic mass is 16.5. The van der Waals surface area contributed by atoms with Gasteiger partial charge in [-0.2, -0.15) is 0 Å². The van der Waals surface area contributed by atoms with Crippen LogP contribution in [-0.2, 0) is 6.54 Å². The van der Waals surface area contributed by atoms with Gasteiger partial charge in [0.25, 0.3) is 0 Å². The molecule has 0 aromatic heterocycles. The van der Waals surface area contributed by atoms with Crippen LogP contribution < -0.4 is 14.8 Å². The maximum Gasteiger partial charge on any atom is 0.161 e. The minimum absolute atomic E-state index is 0.334. The largest absolute Gasteiger partial charge is 0.493 e. The fourth-order valence-electron chi connectivity index (χ4n) is 1.58. The summed E-state index contributed by atoms with van der Waals surface area (Å²) in [6.45, 7) is 5.80. The van der Waals surface area contributed by atoms with Crippen LogP contribution in [0.1, 0.15) is 25.8 Å². The summed E-state index contributed by atoms with van der Waals surface area (Å²) in [6.07, 6.45) is 0.639. The number of benzene rings is 1. The highest BCUT2D eigenvalue weighted by molar-refractivity contribution is 5.42. The normalized spacial score (nSPS) is 12.2. The van der Waals surface area contributed by atoms with Crippen LogP contribution in [0, 0.1) is 0 Å². The highest BCUT2D eigenvalue weighted by Crippen LogP contribution is 2.28. The Kier molecular flexibility index (Phi) is 6.54. The van der Waals surface area contributed by atoms with Gasteiger partial charge < -0.3 is 19.9 Å². The second kappa shape index (κ2) is 7.95. The zero-order valence-electron chi connectivity index (χ0n) is 11.4. The number of rotatable bonds is 8. The summed E-state index contributed by atoms with van der Waals surface area (Å²) in [4.78, 5) is 0. The third-order valence-electron chi connectivity index (χ3n) is 2.46. The summed E-state index contributed by atoms with van der Waals surface area (Å²) in [6, 6.07) is 5.89. The molecule has 0 unspecified atom stereocenters. The van der Waals surface area contributed by atoms with Crippen molar-refractivity contribution in [3.05, 3.63) is 23.8 Å². The first kappa shape index (κ1) is 14.8. The van der Waals surface area contributed by atoms with E-state index in [4.69, 9.17) is 14.6 Å². The molecule has 0 spiro atoms. The van der Waals surface area contributed by atoms with Crippen molar-refractivity contribution in [1.82, 2.24) is 5.32 Å². The van der Waals surface area contributed by atoms with Gasteiger partial charge in [-0.25, -0.2) is 0 Å². The Morgan fingerprint density at radius 1 is 1.33 bits per heavy atom. The molecule has 4 heteroatoms. The van der Waals surface area contributed by atoms with Crippen molar-refractivity contribution in [1.29, 1.82) is 0 Å². The first-order valence-electron chi connectivity index (χ1n) is 6.35. The van der Waals surface area contributed by atoms with Crippen LogP contribution >= 0.6 is 0 Å². The first-order valence-corrected chi connectivity index (χ1v) is 6.35. The zero-order chi connectivity index (χ0) is 13.4. The molecule has 4 nitrogen and oxygen atoms in total. The molecular formula is C14H23NO3. The molecule has 0 aliphatic rings. The van der Waals surface area contributed by atoms with Crippen LogP contribution in [0.3, 0.4) is 0 Å². The molecule has 0 bridgehead atoms. The SMILES string of the molecule is CCCOc1ccc(CNC[C@@H](C)O)cc1OC. The van der Waals surface area contributed by atoms with Crippen LogP contribution in [-0.4, -0.2) is 31.5 Å². The number of methoxy groups -OCH3 is 1. The lowest BCUT2D eigenvalue weighted by molar-refractivity contribution is 0.191. The van der Waals surface area contributed by atoms with Crippen molar-refractivity contribution < 1.29 is 14.6 Å². The van der Waals surface area contributed by atoms with Crippen LogP contribution in [0.4, 0.5) is 0 Å². The van der Waals surface area contributed by atoms with Crippen LogP contribution in [0.5, 0.6) is 11.5 Å². The third-order valence-corrected chi connectivity index (χ3v) is 2.46. The summed E-state index contributed by atoms with van der Waals surface area (Å²) in [5.41, 5.74) is 1.11. The predicted octanol–water partition coefficient (Wildman–Crippen LogP) is 1.95. The molecule has 0 aliphatic heterocycles. The Balaban J connectivity index is 2.60. The van der Waals surface area contributed by atoms with E-state index in [2.05, 4.69) is 12.2 Å². The number of hydrogen-bond acceptors (Lipinski definition) is 4. The van der Waals surface area contributed by atoms with Gasteiger partial charge in [0.15, 0.2) is 11.5 Å². The fourth-order valence-corrected chi connectivity index (χ4v) is 1.58. The third kappa shape index (κ3) is 4.94. The number of nitrogens with one attached hydrogen (secondary N) is 1. The van der Waals surface area contributed by atoms with Gasteiger partial charge in [0.05, 0.1) is 19.8 Å². The van der Waals surface area contributed by atoms with Gasteiger partial charge in [0, 0.05) is 13.1 Å². The summed E-state index contributed by atoms with van der Waals surface area (Å²) < 4.78 is 10.9. The first-order chi connectivity index (χ1) is 8.67. The van der Waals surface area contributed by atoms with E-state index in [9.17, 15) is 0 Å². The molecule has 0 aliphatic carbocycles. The molecule has 0 heterocycles. The fraction of sp³-hybridized carbons (Fsp3) is 0.571. The minimum atomic E-state index is -0.334. The van der Waals surface area contributed by atoms with Gasteiger partial charge in [-0.05, 0) is 31.0 Å². The zero-order valence-corrected chi connectivity index (χ0v) is 11.4. The molecule has 0 radical (unpaired) electrons. The van der Waals surface area contributed by atoms with Crippen molar-refractivity contribution in [2.45, 2.75) is 32.9 Å². The molecule has 0 saturated carbocycles. The summed E-state index contributed by atoms with van der Waals surface area (Å²) in [5, 5.41) is 12.3. The van der Waals surface area contributed by atoms with E-state index in [0.717, 1.165) is 23.5 Å². The molecule has 1 atom stereocenters. The van der Waals surface area contributed by atoms with E-state index in [1.54, 1.807) is 14.0 Å². The lowest BCUT2D eigenvalue weighted by atomic mass is 10.2. The van der Waals surface area contributed by atoms with Gasteiger partial charge in [-0.15, -0.1) is 0 Å². The van der Waals surface area contributed by atoms with Gasteiger partial charge in [-0.1, -0.05) is 13.0 Å². The topological polar surface area (TPSA) is 50.7 Å². The van der Waals surface area contributed by atoms with Crippen molar-refractivity contribution in [3.63, 3.8) is 0 Å². The van der Waals surface area contributed by atoms with E-state index >= 15 is 0 Å². The minimum Gasteiger partial charge on any atom is -0.493 e. The molecule has 0 amide bonds. The Hall–Kier alpha value is -1.26. The van der Waals surface area contributed by atoms with Crippen molar-refractivity contribution in [3.8, 4) is 11.5 Å². The summed E-state index contributed by atoms with van der Waals surface area (Å²) >= 11 is 0. The molecule has 0 fully saturated rings. The lowest BCUT2D eigenvalue weighted by Gasteiger charge is -2.12. The lowest BCUT2D eigenvalue weighted by Crippen LogP contribution is -2.23. The average molecular weight is 253 g/mol. The summed E-state index contributed by atoms with van der Waals surface area (Å²) in [5.74, 6) is 1.53. The van der Waals surface area contributed by atoms with Crippen molar-refractivity contribution in [2.24, 2.45) is 0 Å². The van der Waals surface area contributed by atoms with E-state index < -0.39 is 0 Å². The number of aliphatic hydroxyl groups excluding tert-OH is 1. The number of ether oxygens (including phenoxy) is 2. The Bertz CT molecular complexity index is 353. The average Bonchev–Trinajstić information content (AvgIpc) is 2.36. The van der Waals surface area contributed by atoms with E-state index in [-0.39, 0.29) is 6.10 Å². The summed E-state index contributed by atoms with van der Waals surface area (Å²) in [7, 11) is 1.64. The number of aliphatic hydroxyl groups is 1. The molecule has 1 rings (SSSR count). The van der Waals surface area contributed by atoms with Gasteiger partial charge in [0.2, 0.25) is 0 Å². The number of hydrogen-bond donors (Lipinski definition) is 2. The predicted molar refractivity (Wildman–Crippen MR) is 72.2 cm³/mol. The monoisotopic (exact) mass is 253 g/mol. The Labute approximate surface area is 109 Å². The van der Waals surface area contributed by atoms with Gasteiger partial charge in [0.1, 0.15) is 0 Å². The molecule has 0 saturated heterocycles. The standard InChI is InChI=1S/C14H23NO3/c1-4-7-18-13-6-5-12(8-14(13)17-3)10-15-9-11(2)16/h5-6,8,11,15-16H,4,7,9-10H2,1-3H3/t11-/m1/s1. The Morgan fingerprint density at radius 2 is 2.11 bits per heavy atom. The molecule has 1 aromatic rings. The van der Waals surface area contributed by atoms with Crippen LogP contribution in [0.25, 0.3) is 0 Å². The molecular weight excluding hydrogens is 230 g/mol. The quantitative estimate of drug-likeness (QED) is 0.743. The Morgan fingerprint density at radius 3 is 2.72 bits per heavy atom. The van der Waals surface area contributed by atoms with Crippen molar-refractivity contribution >= 4 is 0 Å². The van der Waals surface area contributed by atoms with E-state index in [1.807, 2.05) is 18.2 Å². The second-order valence-corrected chi connectivity index (χ2v) is 4.31.